The van der Waals surface area contributed by atoms with Gasteiger partial charge in [0.15, 0.2) is 0 Å². The van der Waals surface area contributed by atoms with Gasteiger partial charge in [-0.2, -0.15) is 0 Å². The van der Waals surface area contributed by atoms with Crippen LogP contribution in [0.25, 0.3) is 0 Å². The summed E-state index contributed by atoms with van der Waals surface area (Å²) in [5.74, 6) is 0.331. The van der Waals surface area contributed by atoms with Crippen LogP contribution < -0.4 is 0 Å². The van der Waals surface area contributed by atoms with Crippen LogP contribution in [-0.4, -0.2) is 65.9 Å². The van der Waals surface area contributed by atoms with Gasteiger partial charge in [-0.15, -0.1) is 24.2 Å². The maximum Gasteiger partial charge on any atom is 0.317 e. The topological polar surface area (TPSA) is 43.8 Å². The van der Waals surface area contributed by atoms with Crippen molar-refractivity contribution in [3.63, 3.8) is 0 Å². The van der Waals surface area contributed by atoms with Crippen LogP contribution in [0.15, 0.2) is 29.2 Å². The van der Waals surface area contributed by atoms with Gasteiger partial charge in [0.1, 0.15) is 0 Å². The first-order valence-electron chi connectivity index (χ1n) is 8.58. The predicted molar refractivity (Wildman–Crippen MR) is 108 cm³/mol. The number of likely N-dealkylation sites (N-methyl/N-ethyl adjacent to an activating group) is 1. The van der Waals surface area contributed by atoms with E-state index in [1.807, 2.05) is 41.9 Å². The van der Waals surface area contributed by atoms with Crippen molar-refractivity contribution >= 4 is 41.7 Å². The summed E-state index contributed by atoms with van der Waals surface area (Å²) < 4.78 is 0. The zero-order valence-electron chi connectivity index (χ0n) is 14.7. The molecule has 1 aliphatic rings. The molecule has 1 fully saturated rings. The molecule has 0 saturated carbocycles. The number of likely N-dealkylation sites (tertiary alicyclic amines) is 1. The second-order valence-electron chi connectivity index (χ2n) is 6.37. The molecule has 1 saturated heterocycles. The van der Waals surface area contributed by atoms with Gasteiger partial charge in [0.05, 0.1) is 11.6 Å². The minimum atomic E-state index is -0.741. The van der Waals surface area contributed by atoms with Gasteiger partial charge in [-0.25, -0.2) is 0 Å². The molecular weight excluding hydrogens is 379 g/mol. The fourth-order valence-corrected chi connectivity index (χ4v) is 4.35. The second-order valence-corrected chi connectivity index (χ2v) is 7.91. The lowest BCUT2D eigenvalue weighted by Crippen LogP contribution is -2.36. The maximum atomic E-state index is 10.9. The van der Waals surface area contributed by atoms with Crippen LogP contribution in [-0.2, 0) is 4.79 Å². The molecule has 1 unspecified atom stereocenters. The van der Waals surface area contributed by atoms with Crippen LogP contribution in [0, 0.1) is 0 Å². The normalized spacial score (nSPS) is 18.6. The number of thioether (sulfide) groups is 1. The lowest BCUT2D eigenvalue weighted by atomic mass is 10.1. The van der Waals surface area contributed by atoms with E-state index in [0.717, 1.165) is 61.0 Å². The smallest absolute Gasteiger partial charge is 0.317 e. The third kappa shape index (κ3) is 8.18. The van der Waals surface area contributed by atoms with Gasteiger partial charge < -0.3 is 10.0 Å². The van der Waals surface area contributed by atoms with Crippen molar-refractivity contribution in [1.82, 2.24) is 9.80 Å². The molecule has 0 aromatic heterocycles. The Morgan fingerprint density at radius 3 is 2.84 bits per heavy atom. The van der Waals surface area contributed by atoms with E-state index >= 15 is 0 Å². The molecule has 1 N–H and O–H groups in total. The van der Waals surface area contributed by atoms with E-state index in [2.05, 4.69) is 11.0 Å². The van der Waals surface area contributed by atoms with E-state index in [4.69, 9.17) is 16.7 Å². The van der Waals surface area contributed by atoms with Crippen molar-refractivity contribution in [2.45, 2.75) is 36.6 Å². The first-order valence-corrected chi connectivity index (χ1v) is 9.94. The highest BCUT2D eigenvalue weighted by atomic mass is 35.5. The van der Waals surface area contributed by atoms with E-state index in [1.54, 1.807) is 0 Å². The van der Waals surface area contributed by atoms with Crippen molar-refractivity contribution < 1.29 is 9.90 Å². The summed E-state index contributed by atoms with van der Waals surface area (Å²) in [7, 11) is 1.93. The standard InChI is InChI=1S/C18H27ClN2O2S.ClH/c1-20(14-18(22)23)15-6-4-10-21(12-9-15)11-5-13-24-17-8-3-2-7-16(17)19;/h2-3,7-8,15H,4-6,9-14H2,1H3,(H,22,23);1H. The van der Waals surface area contributed by atoms with Crippen LogP contribution >= 0.6 is 35.8 Å². The number of aliphatic carboxylic acids is 1. The minimum absolute atomic E-state index is 0. The molecule has 0 spiro atoms. The molecule has 25 heavy (non-hydrogen) atoms. The third-order valence-corrected chi connectivity index (χ3v) is 6.11. The quantitative estimate of drug-likeness (QED) is 0.519. The van der Waals surface area contributed by atoms with Gasteiger partial charge in [0.25, 0.3) is 0 Å². The molecule has 1 aromatic carbocycles. The Bertz CT molecular complexity index is 534. The van der Waals surface area contributed by atoms with Crippen molar-refractivity contribution in [2.75, 3.05) is 39.0 Å². The highest BCUT2D eigenvalue weighted by Gasteiger charge is 2.21. The lowest BCUT2D eigenvalue weighted by Gasteiger charge is -2.25. The Morgan fingerprint density at radius 2 is 2.12 bits per heavy atom. The van der Waals surface area contributed by atoms with Gasteiger partial charge in [-0.05, 0) is 70.3 Å². The maximum absolute atomic E-state index is 10.9. The van der Waals surface area contributed by atoms with Crippen LogP contribution in [0.5, 0.6) is 0 Å². The number of carboxylic acids is 1. The van der Waals surface area contributed by atoms with Crippen molar-refractivity contribution in [3.05, 3.63) is 29.3 Å². The third-order valence-electron chi connectivity index (χ3n) is 4.51. The Hall–Kier alpha value is -0.460. The summed E-state index contributed by atoms with van der Waals surface area (Å²) in [4.78, 5) is 16.5. The molecule has 1 aliphatic heterocycles. The monoisotopic (exact) mass is 406 g/mol. The van der Waals surface area contributed by atoms with Crippen LogP contribution in [0.3, 0.4) is 0 Å². The van der Waals surface area contributed by atoms with Gasteiger partial charge in [0, 0.05) is 10.9 Å². The van der Waals surface area contributed by atoms with Crippen LogP contribution in [0.4, 0.5) is 0 Å². The highest BCUT2D eigenvalue weighted by molar-refractivity contribution is 7.99. The predicted octanol–water partition coefficient (Wildman–Crippen LogP) is 4.11. The SMILES string of the molecule is CN(CC(=O)O)C1CCCN(CCCSc2ccccc2Cl)CC1.Cl. The Morgan fingerprint density at radius 1 is 1.36 bits per heavy atom. The average Bonchev–Trinajstić information content (AvgIpc) is 2.78. The molecule has 7 heteroatoms. The summed E-state index contributed by atoms with van der Waals surface area (Å²) in [5, 5.41) is 9.76. The highest BCUT2D eigenvalue weighted by Crippen LogP contribution is 2.27. The number of halogens is 2. The summed E-state index contributed by atoms with van der Waals surface area (Å²) in [6.45, 7) is 3.42. The number of nitrogens with zero attached hydrogens (tertiary/aromatic N) is 2. The van der Waals surface area contributed by atoms with Gasteiger partial charge >= 0.3 is 5.97 Å². The Kier molecular flexibility index (Phi) is 10.9. The number of benzene rings is 1. The van der Waals surface area contributed by atoms with E-state index in [1.165, 1.54) is 0 Å². The first-order chi connectivity index (χ1) is 11.6. The zero-order valence-corrected chi connectivity index (χ0v) is 17.1. The van der Waals surface area contributed by atoms with Gasteiger partial charge in [0.2, 0.25) is 0 Å². The summed E-state index contributed by atoms with van der Waals surface area (Å²) in [6.07, 6.45) is 4.44. The van der Waals surface area contributed by atoms with Crippen molar-refractivity contribution in [1.29, 1.82) is 0 Å². The van der Waals surface area contributed by atoms with E-state index in [0.29, 0.717) is 6.04 Å². The second kappa shape index (κ2) is 12.0. The van der Waals surface area contributed by atoms with Crippen LogP contribution in [0.1, 0.15) is 25.7 Å². The molecule has 0 aliphatic carbocycles. The van der Waals surface area contributed by atoms with Crippen molar-refractivity contribution in [2.24, 2.45) is 0 Å². The number of rotatable bonds is 8. The summed E-state index contributed by atoms with van der Waals surface area (Å²) in [5.41, 5.74) is 0. The number of carboxylic acid groups (broad SMARTS) is 1. The van der Waals surface area contributed by atoms with E-state index < -0.39 is 5.97 Å². The van der Waals surface area contributed by atoms with Crippen LogP contribution in [0.2, 0.25) is 5.02 Å². The first kappa shape index (κ1) is 22.6. The Balaban J connectivity index is 0.00000312. The fraction of sp³-hybridized carbons (Fsp3) is 0.611. The largest absolute Gasteiger partial charge is 0.480 e. The molecule has 1 aromatic rings. The number of hydrogen-bond donors (Lipinski definition) is 1. The lowest BCUT2D eigenvalue weighted by molar-refractivity contribution is -0.138. The molecule has 4 nitrogen and oxygen atoms in total. The number of hydrogen-bond acceptors (Lipinski definition) is 4. The molecule has 1 heterocycles. The average molecular weight is 407 g/mol. The Labute approximate surface area is 166 Å². The fourth-order valence-electron chi connectivity index (χ4n) is 3.18. The van der Waals surface area contributed by atoms with Crippen molar-refractivity contribution in [3.8, 4) is 0 Å². The number of carbonyl (C=O) groups is 1. The molecule has 0 amide bonds. The zero-order chi connectivity index (χ0) is 17.4. The molecule has 0 bridgehead atoms. The minimum Gasteiger partial charge on any atom is -0.480 e. The molecule has 0 radical (unpaired) electrons. The molecular formula is C18H28Cl2N2O2S. The molecule has 1 atom stereocenters. The van der Waals surface area contributed by atoms with Gasteiger partial charge in [-0.3, -0.25) is 9.69 Å². The van der Waals surface area contributed by atoms with E-state index in [9.17, 15) is 4.79 Å². The van der Waals surface area contributed by atoms with E-state index in [-0.39, 0.29) is 19.0 Å². The van der Waals surface area contributed by atoms with Gasteiger partial charge in [-0.1, -0.05) is 23.7 Å². The summed E-state index contributed by atoms with van der Waals surface area (Å²) >= 11 is 8.00. The molecule has 142 valence electrons. The molecule has 2 rings (SSSR count). The summed E-state index contributed by atoms with van der Waals surface area (Å²) in [6, 6.07) is 8.38.